The van der Waals surface area contributed by atoms with E-state index in [2.05, 4.69) is 38.5 Å². The summed E-state index contributed by atoms with van der Waals surface area (Å²) < 4.78 is 2.23. The minimum absolute atomic E-state index is 0.706. The highest BCUT2D eigenvalue weighted by Crippen LogP contribution is 2.24. The molecule has 2 aromatic heterocycles. The van der Waals surface area contributed by atoms with Gasteiger partial charge < -0.3 is 9.47 Å². The van der Waals surface area contributed by atoms with E-state index in [1.807, 2.05) is 32.7 Å². The van der Waals surface area contributed by atoms with Crippen molar-refractivity contribution in [2.24, 2.45) is 12.0 Å². The van der Waals surface area contributed by atoms with Crippen molar-refractivity contribution in [2.75, 3.05) is 11.9 Å². The summed E-state index contributed by atoms with van der Waals surface area (Å²) in [5, 5.41) is 0. The molecule has 6 nitrogen and oxygen atoms in total. The van der Waals surface area contributed by atoms with Gasteiger partial charge in [0, 0.05) is 31.0 Å². The molecule has 4 rings (SSSR count). The number of imidazole rings is 1. The van der Waals surface area contributed by atoms with Gasteiger partial charge in [0.15, 0.2) is 0 Å². The summed E-state index contributed by atoms with van der Waals surface area (Å²) in [7, 11) is 4.11. The number of nitrogens with zero attached hydrogens (tertiary/aromatic N) is 6. The molecule has 0 amide bonds. The van der Waals surface area contributed by atoms with Gasteiger partial charge in [-0.05, 0) is 53.4 Å². The van der Waals surface area contributed by atoms with Gasteiger partial charge in [-0.3, -0.25) is 4.99 Å². The molecule has 2 aliphatic rings. The number of amidine groups is 1. The highest BCUT2D eigenvalue weighted by molar-refractivity contribution is 5.96. The first kappa shape index (κ1) is 17.6. The molecule has 0 saturated carbocycles. The molecular formula is C19H28N6. The summed E-state index contributed by atoms with van der Waals surface area (Å²) >= 11 is 0. The summed E-state index contributed by atoms with van der Waals surface area (Å²) in [4.78, 5) is 19.7. The molecule has 1 aliphatic heterocycles. The summed E-state index contributed by atoms with van der Waals surface area (Å²) in [5.41, 5.74) is 4.99. The third-order valence-electron chi connectivity index (χ3n) is 5.17. The van der Waals surface area contributed by atoms with Crippen molar-refractivity contribution in [3.8, 4) is 0 Å². The minimum Gasteiger partial charge on any atom is -0.335 e. The van der Waals surface area contributed by atoms with E-state index in [1.165, 1.54) is 37.1 Å². The van der Waals surface area contributed by atoms with Gasteiger partial charge in [-0.2, -0.15) is 0 Å². The summed E-state index contributed by atoms with van der Waals surface area (Å²) in [6.45, 7) is 8.71. The van der Waals surface area contributed by atoms with Crippen molar-refractivity contribution < 1.29 is 0 Å². The quantitative estimate of drug-likeness (QED) is 0.739. The largest absolute Gasteiger partial charge is 0.335 e. The van der Waals surface area contributed by atoms with Crippen molar-refractivity contribution in [1.82, 2.24) is 19.5 Å². The number of aromatic nitrogens is 4. The molecule has 0 atom stereocenters. The number of aryl methyl sites for hydroxylation is 4. The maximum absolute atomic E-state index is 4.51. The number of rotatable bonds is 0. The number of aliphatic imine (C=N–C) groups is 1. The van der Waals surface area contributed by atoms with Crippen LogP contribution < -0.4 is 4.90 Å². The van der Waals surface area contributed by atoms with Crippen LogP contribution in [0.25, 0.3) is 0 Å². The Hall–Kier alpha value is -2.24. The Morgan fingerprint density at radius 1 is 0.880 bits per heavy atom. The Balaban J connectivity index is 0.000000150. The van der Waals surface area contributed by atoms with Crippen molar-refractivity contribution >= 4 is 11.7 Å². The third-order valence-corrected chi connectivity index (χ3v) is 5.17. The fourth-order valence-corrected chi connectivity index (χ4v) is 3.45. The second-order valence-electron chi connectivity index (χ2n) is 6.90. The molecular weight excluding hydrogens is 312 g/mol. The van der Waals surface area contributed by atoms with Crippen LogP contribution in [0.4, 0.5) is 5.82 Å². The zero-order valence-electron chi connectivity index (χ0n) is 16.2. The normalized spacial score (nSPS) is 15.8. The maximum Gasteiger partial charge on any atom is 0.142 e. The Bertz CT molecular complexity index is 818. The SMILES string of the molecule is CC1=NCc2c(C)nc(C)nc2N1C.Cc1nc2c(n1C)CCCC2. The van der Waals surface area contributed by atoms with Crippen LogP contribution in [0.2, 0.25) is 0 Å². The van der Waals surface area contributed by atoms with Crippen LogP contribution in [0, 0.1) is 20.8 Å². The Morgan fingerprint density at radius 3 is 2.32 bits per heavy atom. The topological polar surface area (TPSA) is 59.2 Å². The summed E-state index contributed by atoms with van der Waals surface area (Å²) in [5.74, 6) is 4.00. The van der Waals surface area contributed by atoms with Gasteiger partial charge in [-0.25, -0.2) is 15.0 Å². The van der Waals surface area contributed by atoms with Gasteiger partial charge in [0.2, 0.25) is 0 Å². The molecule has 0 saturated heterocycles. The standard InChI is InChI=1S/C10H14N4.C9H14N2/c1-6-9-5-11-8(3)14(4)10(9)13-7(2)12-6;1-7-10-8-5-3-4-6-9(8)11(7)2/h5H2,1-4H3;3-6H2,1-2H3. The first-order chi connectivity index (χ1) is 11.9. The smallest absolute Gasteiger partial charge is 0.142 e. The van der Waals surface area contributed by atoms with E-state index in [-0.39, 0.29) is 0 Å². The molecule has 6 heteroatoms. The molecule has 134 valence electrons. The average molecular weight is 340 g/mol. The third kappa shape index (κ3) is 3.43. The molecule has 2 aromatic rings. The zero-order chi connectivity index (χ0) is 18.1. The van der Waals surface area contributed by atoms with Crippen molar-refractivity contribution in [3.63, 3.8) is 0 Å². The van der Waals surface area contributed by atoms with Crippen LogP contribution in [0.15, 0.2) is 4.99 Å². The highest BCUT2D eigenvalue weighted by Gasteiger charge is 2.19. The van der Waals surface area contributed by atoms with Crippen LogP contribution in [-0.4, -0.2) is 32.4 Å². The predicted octanol–water partition coefficient (Wildman–Crippen LogP) is 3.07. The fraction of sp³-hybridized carbons (Fsp3) is 0.579. The van der Waals surface area contributed by atoms with E-state index in [0.717, 1.165) is 34.6 Å². The summed E-state index contributed by atoms with van der Waals surface area (Å²) in [6.07, 6.45) is 5.08. The number of hydrogen-bond donors (Lipinski definition) is 0. The number of fused-ring (bicyclic) bond motifs is 2. The van der Waals surface area contributed by atoms with Gasteiger partial charge in [-0.1, -0.05) is 0 Å². The molecule has 0 fully saturated rings. The van der Waals surface area contributed by atoms with Gasteiger partial charge >= 0.3 is 0 Å². The van der Waals surface area contributed by atoms with Gasteiger partial charge in [0.25, 0.3) is 0 Å². The lowest BCUT2D eigenvalue weighted by Crippen LogP contribution is -2.29. The average Bonchev–Trinajstić information content (AvgIpc) is 2.87. The molecule has 0 unspecified atom stereocenters. The molecule has 0 radical (unpaired) electrons. The van der Waals surface area contributed by atoms with E-state index < -0.39 is 0 Å². The van der Waals surface area contributed by atoms with Crippen LogP contribution in [0.1, 0.15) is 54.1 Å². The molecule has 0 aromatic carbocycles. The first-order valence-electron chi connectivity index (χ1n) is 8.98. The Morgan fingerprint density at radius 2 is 1.60 bits per heavy atom. The van der Waals surface area contributed by atoms with Crippen molar-refractivity contribution in [2.45, 2.75) is 59.9 Å². The molecule has 1 aliphatic carbocycles. The second-order valence-corrected chi connectivity index (χ2v) is 6.90. The molecule has 0 bridgehead atoms. The maximum atomic E-state index is 4.51. The number of hydrogen-bond acceptors (Lipinski definition) is 5. The molecule has 0 N–H and O–H groups in total. The highest BCUT2D eigenvalue weighted by atomic mass is 15.2. The van der Waals surface area contributed by atoms with Crippen molar-refractivity contribution in [3.05, 3.63) is 34.3 Å². The molecule has 3 heterocycles. The van der Waals surface area contributed by atoms with E-state index in [0.29, 0.717) is 6.54 Å². The van der Waals surface area contributed by atoms with E-state index in [9.17, 15) is 0 Å². The van der Waals surface area contributed by atoms with Gasteiger partial charge in [0.1, 0.15) is 23.3 Å². The lowest BCUT2D eigenvalue weighted by molar-refractivity contribution is 0.642. The van der Waals surface area contributed by atoms with Crippen LogP contribution in [-0.2, 0) is 26.4 Å². The van der Waals surface area contributed by atoms with E-state index >= 15 is 0 Å². The molecule has 0 spiro atoms. The zero-order valence-corrected chi connectivity index (χ0v) is 16.2. The van der Waals surface area contributed by atoms with E-state index in [4.69, 9.17) is 0 Å². The van der Waals surface area contributed by atoms with Gasteiger partial charge in [0.05, 0.1) is 12.2 Å². The van der Waals surface area contributed by atoms with Crippen LogP contribution >= 0.6 is 0 Å². The van der Waals surface area contributed by atoms with Gasteiger partial charge in [-0.15, -0.1) is 0 Å². The monoisotopic (exact) mass is 340 g/mol. The Labute approximate surface area is 150 Å². The lowest BCUT2D eigenvalue weighted by atomic mass is 10.0. The second kappa shape index (κ2) is 6.94. The fourth-order valence-electron chi connectivity index (χ4n) is 3.45. The van der Waals surface area contributed by atoms with E-state index in [1.54, 1.807) is 0 Å². The lowest BCUT2D eigenvalue weighted by Gasteiger charge is -2.25. The molecule has 25 heavy (non-hydrogen) atoms. The Kier molecular flexibility index (Phi) is 4.88. The number of anilines is 1. The van der Waals surface area contributed by atoms with Crippen molar-refractivity contribution in [1.29, 1.82) is 0 Å². The van der Waals surface area contributed by atoms with Crippen LogP contribution in [0.5, 0.6) is 0 Å². The summed E-state index contributed by atoms with van der Waals surface area (Å²) in [6, 6.07) is 0. The predicted molar refractivity (Wildman–Crippen MR) is 101 cm³/mol. The first-order valence-corrected chi connectivity index (χ1v) is 8.98. The minimum atomic E-state index is 0.706. The van der Waals surface area contributed by atoms with Crippen LogP contribution in [0.3, 0.4) is 0 Å².